The molecule has 1 N–H and O–H groups in total. The fourth-order valence-electron chi connectivity index (χ4n) is 2.35. The van der Waals surface area contributed by atoms with Crippen molar-refractivity contribution in [3.05, 3.63) is 47.8 Å². The summed E-state index contributed by atoms with van der Waals surface area (Å²) in [4.78, 5) is 23.3. The second kappa shape index (κ2) is 5.44. The summed E-state index contributed by atoms with van der Waals surface area (Å²) in [6.07, 6.45) is 4.79. The molecule has 0 unspecified atom stereocenters. The smallest absolute Gasteiger partial charge is 0.224 e. The van der Waals surface area contributed by atoms with Crippen molar-refractivity contribution in [1.82, 2.24) is 4.57 Å². The summed E-state index contributed by atoms with van der Waals surface area (Å²) in [5, 5.41) is 2.82. The van der Waals surface area contributed by atoms with E-state index in [0.29, 0.717) is 24.2 Å². The Morgan fingerprint density at radius 1 is 1.33 bits per heavy atom. The van der Waals surface area contributed by atoms with Gasteiger partial charge in [0.2, 0.25) is 11.7 Å². The van der Waals surface area contributed by atoms with Gasteiger partial charge in [0.05, 0.1) is 0 Å². The van der Waals surface area contributed by atoms with Crippen LogP contribution in [0, 0.1) is 0 Å². The highest BCUT2D eigenvalue weighted by Gasteiger charge is 2.15. The minimum atomic E-state index is -0.0541. The Morgan fingerprint density at radius 3 is 2.95 bits per heavy atom. The number of amides is 1. The van der Waals surface area contributed by atoms with E-state index in [4.69, 9.17) is 4.74 Å². The number of rotatable bonds is 4. The highest BCUT2D eigenvalue weighted by molar-refractivity contribution is 5.97. The Balaban J connectivity index is 1.66. The van der Waals surface area contributed by atoms with E-state index in [1.165, 1.54) is 0 Å². The molecule has 0 atom stereocenters. The standard InChI is InChI=1S/C16H16N2O3/c1-18-7-6-12(9-18)15(19)10-21-13-3-4-14-11(8-13)2-5-16(20)17-14/h3-4,6-9H,2,5,10H2,1H3,(H,17,20). The third-order valence-corrected chi connectivity index (χ3v) is 3.50. The van der Waals surface area contributed by atoms with Crippen LogP contribution in [0.4, 0.5) is 5.69 Å². The fourth-order valence-corrected chi connectivity index (χ4v) is 2.35. The normalized spacial score (nSPS) is 13.5. The third-order valence-electron chi connectivity index (χ3n) is 3.50. The molecule has 2 heterocycles. The van der Waals surface area contributed by atoms with Crippen molar-refractivity contribution in [2.75, 3.05) is 11.9 Å². The maximum Gasteiger partial charge on any atom is 0.224 e. The highest BCUT2D eigenvalue weighted by atomic mass is 16.5. The van der Waals surface area contributed by atoms with Gasteiger partial charge in [0, 0.05) is 37.1 Å². The molecule has 1 aliphatic rings. The minimum absolute atomic E-state index is 0.00909. The monoisotopic (exact) mass is 284 g/mol. The number of nitrogens with zero attached hydrogens (tertiary/aromatic N) is 1. The maximum absolute atomic E-state index is 12.0. The van der Waals surface area contributed by atoms with Crippen LogP contribution in [0.3, 0.4) is 0 Å². The minimum Gasteiger partial charge on any atom is -0.485 e. The largest absolute Gasteiger partial charge is 0.485 e. The van der Waals surface area contributed by atoms with Gasteiger partial charge in [0.1, 0.15) is 5.75 Å². The molecule has 1 amide bonds. The van der Waals surface area contributed by atoms with Crippen LogP contribution in [0.1, 0.15) is 22.3 Å². The molecule has 2 aromatic rings. The highest BCUT2D eigenvalue weighted by Crippen LogP contribution is 2.26. The van der Waals surface area contributed by atoms with Crippen molar-refractivity contribution >= 4 is 17.4 Å². The van der Waals surface area contributed by atoms with E-state index < -0.39 is 0 Å². The molecular weight excluding hydrogens is 268 g/mol. The number of aryl methyl sites for hydroxylation is 2. The summed E-state index contributed by atoms with van der Waals surface area (Å²) in [6.45, 7) is 0.00909. The van der Waals surface area contributed by atoms with Crippen LogP contribution < -0.4 is 10.1 Å². The summed E-state index contributed by atoms with van der Waals surface area (Å²) < 4.78 is 7.38. The van der Waals surface area contributed by atoms with Crippen LogP contribution in [0.25, 0.3) is 0 Å². The first kappa shape index (κ1) is 13.4. The topological polar surface area (TPSA) is 60.3 Å². The molecule has 3 rings (SSSR count). The van der Waals surface area contributed by atoms with E-state index in [1.54, 1.807) is 18.3 Å². The lowest BCUT2D eigenvalue weighted by Crippen LogP contribution is -2.19. The van der Waals surface area contributed by atoms with Gasteiger partial charge < -0.3 is 14.6 Å². The van der Waals surface area contributed by atoms with Gasteiger partial charge in [-0.25, -0.2) is 0 Å². The van der Waals surface area contributed by atoms with E-state index in [0.717, 1.165) is 11.3 Å². The summed E-state index contributed by atoms with van der Waals surface area (Å²) in [7, 11) is 1.87. The molecule has 0 fully saturated rings. The van der Waals surface area contributed by atoms with Crippen molar-refractivity contribution in [2.24, 2.45) is 7.05 Å². The SMILES string of the molecule is Cn1ccc(C(=O)COc2ccc3c(c2)CCC(=O)N3)c1. The number of benzene rings is 1. The molecular formula is C16H16N2O3. The lowest BCUT2D eigenvalue weighted by molar-refractivity contribution is -0.116. The summed E-state index contributed by atoms with van der Waals surface area (Å²) in [5.41, 5.74) is 2.51. The Morgan fingerprint density at radius 2 is 2.19 bits per heavy atom. The van der Waals surface area contributed by atoms with Gasteiger partial charge in [0.25, 0.3) is 0 Å². The van der Waals surface area contributed by atoms with Crippen LogP contribution >= 0.6 is 0 Å². The molecule has 108 valence electrons. The summed E-state index contributed by atoms with van der Waals surface area (Å²) in [6, 6.07) is 7.23. The van der Waals surface area contributed by atoms with Crippen LogP contribution in [0.2, 0.25) is 0 Å². The number of carbonyl (C=O) groups is 2. The van der Waals surface area contributed by atoms with E-state index >= 15 is 0 Å². The molecule has 21 heavy (non-hydrogen) atoms. The Bertz CT molecular complexity index is 703. The Hall–Kier alpha value is -2.56. The van der Waals surface area contributed by atoms with E-state index in [2.05, 4.69) is 5.32 Å². The molecule has 0 spiro atoms. The van der Waals surface area contributed by atoms with Gasteiger partial charge >= 0.3 is 0 Å². The van der Waals surface area contributed by atoms with Gasteiger partial charge in [-0.1, -0.05) is 0 Å². The van der Waals surface area contributed by atoms with Crippen molar-refractivity contribution in [2.45, 2.75) is 12.8 Å². The van der Waals surface area contributed by atoms with Gasteiger partial charge in [-0.05, 0) is 36.2 Å². The van der Waals surface area contributed by atoms with E-state index in [1.807, 2.05) is 29.9 Å². The average molecular weight is 284 g/mol. The van der Waals surface area contributed by atoms with Crippen LogP contribution in [0.5, 0.6) is 5.75 Å². The second-order valence-electron chi connectivity index (χ2n) is 5.14. The van der Waals surface area contributed by atoms with Crippen LogP contribution in [0.15, 0.2) is 36.7 Å². The molecule has 5 heteroatoms. The number of carbonyl (C=O) groups excluding carboxylic acids is 2. The summed E-state index contributed by atoms with van der Waals surface area (Å²) >= 11 is 0. The predicted octanol–water partition coefficient (Wildman–Crippen LogP) is 2.17. The van der Waals surface area contributed by atoms with Gasteiger partial charge in [0.15, 0.2) is 6.61 Å². The number of ether oxygens (including phenoxy) is 1. The van der Waals surface area contributed by atoms with Crippen molar-refractivity contribution in [3.8, 4) is 5.75 Å². The number of hydrogen-bond donors (Lipinski definition) is 1. The molecule has 1 aromatic heterocycles. The van der Waals surface area contributed by atoms with E-state index in [-0.39, 0.29) is 18.3 Å². The third kappa shape index (κ3) is 2.97. The van der Waals surface area contributed by atoms with E-state index in [9.17, 15) is 9.59 Å². The van der Waals surface area contributed by atoms with Crippen molar-refractivity contribution < 1.29 is 14.3 Å². The number of Topliss-reactive ketones (excluding diaryl/α,β-unsaturated/α-hetero) is 1. The van der Waals surface area contributed by atoms with Gasteiger partial charge in [-0.15, -0.1) is 0 Å². The first-order chi connectivity index (χ1) is 10.1. The molecule has 0 saturated carbocycles. The predicted molar refractivity (Wildman–Crippen MR) is 78.6 cm³/mol. The zero-order chi connectivity index (χ0) is 14.8. The zero-order valence-electron chi connectivity index (χ0n) is 11.8. The molecule has 5 nitrogen and oxygen atoms in total. The van der Waals surface area contributed by atoms with Crippen molar-refractivity contribution in [3.63, 3.8) is 0 Å². The number of aromatic nitrogens is 1. The fraction of sp³-hybridized carbons (Fsp3) is 0.250. The molecule has 0 aliphatic carbocycles. The Kier molecular flexibility index (Phi) is 3.48. The quantitative estimate of drug-likeness (QED) is 0.875. The molecule has 0 bridgehead atoms. The van der Waals surface area contributed by atoms with Crippen LogP contribution in [-0.2, 0) is 18.3 Å². The number of fused-ring (bicyclic) bond motifs is 1. The number of ketones is 1. The molecule has 1 aliphatic heterocycles. The average Bonchev–Trinajstić information content (AvgIpc) is 2.91. The molecule has 0 radical (unpaired) electrons. The first-order valence-corrected chi connectivity index (χ1v) is 6.82. The van der Waals surface area contributed by atoms with Crippen molar-refractivity contribution in [1.29, 1.82) is 0 Å². The van der Waals surface area contributed by atoms with Gasteiger partial charge in [-0.3, -0.25) is 9.59 Å². The maximum atomic E-state index is 12.0. The number of nitrogens with one attached hydrogen (secondary N) is 1. The Labute approximate surface area is 122 Å². The van der Waals surface area contributed by atoms with Crippen LogP contribution in [-0.4, -0.2) is 22.9 Å². The van der Waals surface area contributed by atoms with Gasteiger partial charge in [-0.2, -0.15) is 0 Å². The zero-order valence-corrected chi connectivity index (χ0v) is 11.8. The lowest BCUT2D eigenvalue weighted by atomic mass is 10.0. The lowest BCUT2D eigenvalue weighted by Gasteiger charge is -2.17. The molecule has 1 aromatic carbocycles. The molecule has 0 saturated heterocycles. The second-order valence-corrected chi connectivity index (χ2v) is 5.14. The number of anilines is 1. The number of hydrogen-bond acceptors (Lipinski definition) is 3. The first-order valence-electron chi connectivity index (χ1n) is 6.82. The summed E-state index contributed by atoms with van der Waals surface area (Å²) in [5.74, 6) is 0.631.